The van der Waals surface area contributed by atoms with Crippen LogP contribution in [-0.2, 0) is 13.2 Å². The van der Waals surface area contributed by atoms with Crippen molar-refractivity contribution in [2.45, 2.75) is 51.4 Å². The van der Waals surface area contributed by atoms with E-state index in [1.165, 1.54) is 0 Å². The van der Waals surface area contributed by atoms with Crippen molar-refractivity contribution in [2.24, 2.45) is 11.5 Å². The topological polar surface area (TPSA) is 96.3 Å². The normalized spacial score (nSPS) is 12.1. The Kier molecular flexibility index (Phi) is 11.4. The number of halogens is 1. The highest BCUT2D eigenvalue weighted by molar-refractivity contribution is 6.31. The number of nitrogens with two attached hydrogens (primary N) is 2. The van der Waals surface area contributed by atoms with Crippen LogP contribution < -0.4 is 20.9 Å². The van der Waals surface area contributed by atoms with Crippen molar-refractivity contribution in [2.75, 3.05) is 6.54 Å². The Bertz CT molecular complexity index is 1660. The van der Waals surface area contributed by atoms with Gasteiger partial charge in [-0.15, -0.1) is 0 Å². The Morgan fingerprint density at radius 3 is 2.09 bits per heavy atom. The summed E-state index contributed by atoms with van der Waals surface area (Å²) in [5.41, 5.74) is 17.0. The molecule has 0 saturated heterocycles. The van der Waals surface area contributed by atoms with Crippen molar-refractivity contribution in [3.8, 4) is 11.5 Å². The second kappa shape index (κ2) is 16.0. The molecule has 0 amide bonds. The minimum absolute atomic E-state index is 0.203. The molecule has 0 radical (unpaired) electrons. The van der Waals surface area contributed by atoms with Crippen molar-refractivity contribution >= 4 is 34.7 Å². The van der Waals surface area contributed by atoms with Crippen molar-refractivity contribution in [1.82, 2.24) is 9.97 Å². The molecule has 0 aliphatic heterocycles. The van der Waals surface area contributed by atoms with Gasteiger partial charge in [-0.05, 0) is 72.5 Å². The van der Waals surface area contributed by atoms with Gasteiger partial charge < -0.3 is 20.9 Å². The smallest absolute Gasteiger partial charge is 0.162 e. The molecule has 0 aliphatic carbocycles. The average molecular weight is 607 g/mol. The predicted molar refractivity (Wildman–Crippen MR) is 181 cm³/mol. The zero-order valence-corrected chi connectivity index (χ0v) is 25.6. The lowest BCUT2D eigenvalue weighted by Gasteiger charge is -2.15. The highest BCUT2D eigenvalue weighted by Gasteiger charge is 2.15. The van der Waals surface area contributed by atoms with Gasteiger partial charge in [-0.2, -0.15) is 0 Å². The van der Waals surface area contributed by atoms with E-state index in [1.54, 1.807) is 0 Å². The van der Waals surface area contributed by atoms with Crippen LogP contribution in [0.3, 0.4) is 0 Å². The van der Waals surface area contributed by atoms with Gasteiger partial charge in [0.15, 0.2) is 17.3 Å². The fraction of sp³-hybridized carbons (Fsp3) is 0.243. The largest absolute Gasteiger partial charge is 0.485 e. The quantitative estimate of drug-likeness (QED) is 0.116. The zero-order chi connectivity index (χ0) is 30.6. The third-order valence-corrected chi connectivity index (χ3v) is 7.63. The van der Waals surface area contributed by atoms with E-state index in [-0.39, 0.29) is 6.04 Å². The highest BCUT2D eigenvalue weighted by Crippen LogP contribution is 2.31. The van der Waals surface area contributed by atoms with E-state index in [4.69, 9.17) is 42.5 Å². The third-order valence-electron chi connectivity index (χ3n) is 7.39. The van der Waals surface area contributed by atoms with E-state index in [1.807, 2.05) is 109 Å². The number of nitrogens with zero attached hydrogens (tertiary/aromatic N) is 2. The molecule has 0 spiro atoms. The van der Waals surface area contributed by atoms with Crippen LogP contribution in [0.25, 0.3) is 23.1 Å². The first-order valence-electron chi connectivity index (χ1n) is 15.2. The summed E-state index contributed by atoms with van der Waals surface area (Å²) in [6, 6.07) is 31.6. The maximum atomic E-state index is 6.68. The van der Waals surface area contributed by atoms with Gasteiger partial charge in [0.2, 0.25) is 0 Å². The summed E-state index contributed by atoms with van der Waals surface area (Å²) in [5.74, 6) is 1.92. The van der Waals surface area contributed by atoms with E-state index in [0.29, 0.717) is 35.6 Å². The van der Waals surface area contributed by atoms with Gasteiger partial charge in [-0.25, -0.2) is 9.97 Å². The van der Waals surface area contributed by atoms with E-state index in [9.17, 15) is 0 Å². The molecule has 4 aromatic carbocycles. The molecule has 1 aromatic heterocycles. The summed E-state index contributed by atoms with van der Waals surface area (Å²) in [6.07, 6.45) is 9.00. The van der Waals surface area contributed by atoms with Gasteiger partial charge in [-0.3, -0.25) is 0 Å². The maximum Gasteiger partial charge on any atom is 0.162 e. The van der Waals surface area contributed by atoms with Crippen molar-refractivity contribution in [3.63, 3.8) is 0 Å². The first-order valence-corrected chi connectivity index (χ1v) is 15.6. The molecule has 1 heterocycles. The molecule has 6 nitrogen and oxygen atoms in total. The van der Waals surface area contributed by atoms with E-state index in [2.05, 4.69) is 0 Å². The third kappa shape index (κ3) is 8.89. The van der Waals surface area contributed by atoms with Crippen LogP contribution >= 0.6 is 11.6 Å². The van der Waals surface area contributed by atoms with Gasteiger partial charge in [0, 0.05) is 16.5 Å². The van der Waals surface area contributed by atoms with Crippen molar-refractivity contribution in [1.29, 1.82) is 0 Å². The molecular formula is C37H39ClN4O2. The van der Waals surface area contributed by atoms with Crippen LogP contribution in [-0.4, -0.2) is 16.5 Å². The molecule has 226 valence electrons. The molecule has 0 bridgehead atoms. The van der Waals surface area contributed by atoms with Gasteiger partial charge in [0.05, 0.1) is 11.2 Å². The SMILES string of the molecule is NCCCCCCC(N)c1nc(/C=C/c2ccc(OCc3ccccc3)c(OCc3ccccc3)c2)nc2cc(Cl)ccc12. The lowest BCUT2D eigenvalue weighted by molar-refractivity contribution is 0.256. The molecule has 44 heavy (non-hydrogen) atoms. The second-order valence-electron chi connectivity index (χ2n) is 10.8. The number of ether oxygens (including phenoxy) is 2. The molecule has 4 N–H and O–H groups in total. The number of unbranched alkanes of at least 4 members (excludes halogenated alkanes) is 3. The molecule has 5 aromatic rings. The number of hydrogen-bond acceptors (Lipinski definition) is 6. The van der Waals surface area contributed by atoms with Gasteiger partial charge in [-0.1, -0.05) is 104 Å². The van der Waals surface area contributed by atoms with Crippen LogP contribution in [0.4, 0.5) is 0 Å². The first kappa shape index (κ1) is 31.2. The number of benzene rings is 4. The van der Waals surface area contributed by atoms with E-state index in [0.717, 1.165) is 71.9 Å². The number of rotatable bonds is 15. The summed E-state index contributed by atoms with van der Waals surface area (Å²) in [6.45, 7) is 1.60. The molecular weight excluding hydrogens is 568 g/mol. The summed E-state index contributed by atoms with van der Waals surface area (Å²) in [5, 5.41) is 1.55. The summed E-state index contributed by atoms with van der Waals surface area (Å²) in [7, 11) is 0. The van der Waals surface area contributed by atoms with Crippen LogP contribution in [0.15, 0.2) is 97.1 Å². The van der Waals surface area contributed by atoms with Crippen LogP contribution in [0.1, 0.15) is 66.4 Å². The van der Waals surface area contributed by atoms with Crippen LogP contribution in [0, 0.1) is 0 Å². The maximum absolute atomic E-state index is 6.68. The van der Waals surface area contributed by atoms with E-state index >= 15 is 0 Å². The van der Waals surface area contributed by atoms with Crippen LogP contribution in [0.2, 0.25) is 5.02 Å². The standard InChI is InChI=1S/C37H39ClN4O2/c38-30-18-19-31-33(24-30)41-36(42-37(31)32(40)15-9-1-2-10-22-39)21-17-27-16-20-34(43-25-28-11-5-3-6-12-28)35(23-27)44-26-29-13-7-4-8-14-29/h3-8,11-14,16-21,23-24,32H,1-2,9-10,15,22,25-26,39-40H2/b21-17+. The molecule has 1 unspecified atom stereocenters. The molecule has 7 heteroatoms. The molecule has 0 aliphatic rings. The number of fused-ring (bicyclic) bond motifs is 1. The molecule has 1 atom stereocenters. The second-order valence-corrected chi connectivity index (χ2v) is 11.3. The zero-order valence-electron chi connectivity index (χ0n) is 24.9. The van der Waals surface area contributed by atoms with Crippen molar-refractivity contribution < 1.29 is 9.47 Å². The van der Waals surface area contributed by atoms with Gasteiger partial charge >= 0.3 is 0 Å². The minimum Gasteiger partial charge on any atom is -0.485 e. The van der Waals surface area contributed by atoms with Gasteiger partial charge in [0.25, 0.3) is 0 Å². The summed E-state index contributed by atoms with van der Waals surface area (Å²) < 4.78 is 12.4. The Labute approximate surface area is 264 Å². The molecule has 5 rings (SSSR count). The fourth-order valence-corrected chi connectivity index (χ4v) is 5.17. The summed E-state index contributed by atoms with van der Waals surface area (Å²) in [4.78, 5) is 9.68. The predicted octanol–water partition coefficient (Wildman–Crippen LogP) is 8.52. The molecule has 0 fully saturated rings. The van der Waals surface area contributed by atoms with E-state index < -0.39 is 0 Å². The average Bonchev–Trinajstić information content (AvgIpc) is 3.06. The number of hydrogen-bond donors (Lipinski definition) is 2. The Morgan fingerprint density at radius 2 is 1.39 bits per heavy atom. The fourth-order valence-electron chi connectivity index (χ4n) is 5.00. The Morgan fingerprint density at radius 1 is 0.705 bits per heavy atom. The monoisotopic (exact) mass is 606 g/mol. The summed E-state index contributed by atoms with van der Waals surface area (Å²) >= 11 is 6.33. The highest BCUT2D eigenvalue weighted by atomic mass is 35.5. The Hall–Kier alpha value is -4.23. The molecule has 0 saturated carbocycles. The first-order chi connectivity index (χ1) is 21.6. The lowest BCUT2D eigenvalue weighted by atomic mass is 10.0. The van der Waals surface area contributed by atoms with Crippen LogP contribution in [0.5, 0.6) is 11.5 Å². The number of aromatic nitrogens is 2. The van der Waals surface area contributed by atoms with Crippen molar-refractivity contribution in [3.05, 3.63) is 130 Å². The lowest BCUT2D eigenvalue weighted by Crippen LogP contribution is -2.14. The Balaban J connectivity index is 1.38. The minimum atomic E-state index is -0.203. The van der Waals surface area contributed by atoms with Gasteiger partial charge in [0.1, 0.15) is 13.2 Å².